The van der Waals surface area contributed by atoms with Crippen molar-refractivity contribution in [3.8, 4) is 11.4 Å². The number of hydrogen-bond acceptors (Lipinski definition) is 5. The third-order valence-corrected chi connectivity index (χ3v) is 4.50. The van der Waals surface area contributed by atoms with E-state index in [9.17, 15) is 4.79 Å². The average molecular weight is 346 g/mol. The quantitative estimate of drug-likeness (QED) is 0.580. The van der Waals surface area contributed by atoms with Gasteiger partial charge in [0.15, 0.2) is 5.82 Å². The number of anilines is 2. The Morgan fingerprint density at radius 1 is 1.00 bits per heavy atom. The van der Waals surface area contributed by atoms with E-state index >= 15 is 0 Å². The molecular weight excluding hydrogens is 332 g/mol. The summed E-state index contributed by atoms with van der Waals surface area (Å²) in [6.07, 6.45) is 0. The van der Waals surface area contributed by atoms with Crippen LogP contribution >= 0.6 is 11.3 Å². The molecule has 6 heteroatoms. The molecule has 4 aromatic rings. The Bertz CT molecular complexity index is 1040. The highest BCUT2D eigenvalue weighted by Crippen LogP contribution is 2.28. The highest BCUT2D eigenvalue weighted by Gasteiger charge is 2.10. The van der Waals surface area contributed by atoms with Crippen LogP contribution < -0.4 is 11.1 Å². The van der Waals surface area contributed by atoms with E-state index in [4.69, 9.17) is 5.73 Å². The Morgan fingerprint density at radius 2 is 1.80 bits per heavy atom. The molecule has 2 heterocycles. The number of nitrogens with zero attached hydrogens (tertiary/aromatic N) is 2. The molecule has 0 aliphatic rings. The molecule has 5 nitrogen and oxygen atoms in total. The summed E-state index contributed by atoms with van der Waals surface area (Å²) in [5.74, 6) is 0.952. The SMILES string of the molecule is NC(=O)c1ccc(Nc2nc(-c3ccsc3)nc3ccccc23)cc1. The zero-order valence-electron chi connectivity index (χ0n) is 13.1. The van der Waals surface area contributed by atoms with Crippen LogP contribution in [-0.4, -0.2) is 15.9 Å². The number of para-hydroxylation sites is 1. The highest BCUT2D eigenvalue weighted by molar-refractivity contribution is 7.08. The lowest BCUT2D eigenvalue weighted by Gasteiger charge is -2.11. The summed E-state index contributed by atoms with van der Waals surface area (Å²) in [6.45, 7) is 0. The summed E-state index contributed by atoms with van der Waals surface area (Å²) in [5.41, 5.74) is 8.44. The maximum atomic E-state index is 11.2. The van der Waals surface area contributed by atoms with E-state index in [2.05, 4.69) is 15.3 Å². The summed E-state index contributed by atoms with van der Waals surface area (Å²) >= 11 is 1.61. The van der Waals surface area contributed by atoms with Crippen molar-refractivity contribution in [2.45, 2.75) is 0 Å². The van der Waals surface area contributed by atoms with Crippen molar-refractivity contribution in [3.63, 3.8) is 0 Å². The second-order valence-corrected chi connectivity index (χ2v) is 6.27. The molecule has 0 radical (unpaired) electrons. The largest absolute Gasteiger partial charge is 0.366 e. The molecule has 0 saturated heterocycles. The lowest BCUT2D eigenvalue weighted by Crippen LogP contribution is -2.10. The topological polar surface area (TPSA) is 80.9 Å². The number of thiophene rings is 1. The first-order valence-electron chi connectivity index (χ1n) is 7.67. The number of carbonyl (C=O) groups is 1. The second kappa shape index (κ2) is 6.33. The predicted octanol–water partition coefficient (Wildman–Crippen LogP) is 4.20. The van der Waals surface area contributed by atoms with Gasteiger partial charge in [0.05, 0.1) is 5.52 Å². The van der Waals surface area contributed by atoms with Crippen LogP contribution in [-0.2, 0) is 0 Å². The zero-order valence-corrected chi connectivity index (χ0v) is 14.0. The van der Waals surface area contributed by atoms with E-state index in [-0.39, 0.29) is 0 Å². The first-order valence-corrected chi connectivity index (χ1v) is 8.61. The molecule has 0 aliphatic heterocycles. The van der Waals surface area contributed by atoms with E-state index in [0.29, 0.717) is 11.4 Å². The standard InChI is InChI=1S/C19H14N4OS/c20-17(24)12-5-7-14(8-6-12)21-19-15-3-1-2-4-16(15)22-18(23-19)13-9-10-25-11-13/h1-11H,(H2,20,24)(H,21,22,23). The van der Waals surface area contributed by atoms with Crippen molar-refractivity contribution in [1.82, 2.24) is 9.97 Å². The Kier molecular flexibility index (Phi) is 3.87. The Hall–Kier alpha value is -3.25. The van der Waals surface area contributed by atoms with Crippen molar-refractivity contribution in [2.75, 3.05) is 5.32 Å². The molecule has 0 bridgehead atoms. The number of amides is 1. The van der Waals surface area contributed by atoms with E-state index in [1.54, 1.807) is 35.6 Å². The van der Waals surface area contributed by atoms with Gasteiger partial charge in [0.2, 0.25) is 5.91 Å². The second-order valence-electron chi connectivity index (χ2n) is 5.49. The Morgan fingerprint density at radius 3 is 2.52 bits per heavy atom. The summed E-state index contributed by atoms with van der Waals surface area (Å²) in [6, 6.07) is 16.8. The summed E-state index contributed by atoms with van der Waals surface area (Å²) in [5, 5.41) is 8.27. The van der Waals surface area contributed by atoms with Crippen LogP contribution in [0.5, 0.6) is 0 Å². The molecular formula is C19H14N4OS. The van der Waals surface area contributed by atoms with Gasteiger partial charge in [-0.1, -0.05) is 12.1 Å². The van der Waals surface area contributed by atoms with Gasteiger partial charge in [-0.15, -0.1) is 0 Å². The number of aromatic nitrogens is 2. The Balaban J connectivity index is 1.78. The van der Waals surface area contributed by atoms with Crippen molar-refractivity contribution in [2.24, 2.45) is 5.73 Å². The lowest BCUT2D eigenvalue weighted by molar-refractivity contribution is 0.100. The molecule has 0 aliphatic carbocycles. The van der Waals surface area contributed by atoms with Gasteiger partial charge in [0.25, 0.3) is 0 Å². The first kappa shape index (κ1) is 15.3. The van der Waals surface area contributed by atoms with Gasteiger partial charge in [-0.05, 0) is 47.8 Å². The fourth-order valence-corrected chi connectivity index (χ4v) is 3.18. The van der Waals surface area contributed by atoms with E-state index < -0.39 is 5.91 Å². The smallest absolute Gasteiger partial charge is 0.248 e. The van der Waals surface area contributed by atoms with Crippen LogP contribution in [0.4, 0.5) is 11.5 Å². The molecule has 122 valence electrons. The van der Waals surface area contributed by atoms with Crippen molar-refractivity contribution >= 4 is 39.7 Å². The van der Waals surface area contributed by atoms with E-state index in [1.807, 2.05) is 41.1 Å². The molecule has 4 rings (SSSR count). The van der Waals surface area contributed by atoms with Crippen molar-refractivity contribution in [3.05, 3.63) is 70.9 Å². The Labute approximate surface area is 148 Å². The molecule has 2 aromatic heterocycles. The summed E-state index contributed by atoms with van der Waals surface area (Å²) < 4.78 is 0. The number of rotatable bonds is 4. The van der Waals surface area contributed by atoms with Gasteiger partial charge in [0.1, 0.15) is 5.82 Å². The van der Waals surface area contributed by atoms with Crippen LogP contribution in [0.3, 0.4) is 0 Å². The normalized spacial score (nSPS) is 10.7. The van der Waals surface area contributed by atoms with Gasteiger partial charge in [-0.2, -0.15) is 11.3 Å². The number of hydrogen-bond donors (Lipinski definition) is 2. The zero-order chi connectivity index (χ0) is 17.2. The minimum atomic E-state index is -0.446. The molecule has 0 fully saturated rings. The molecule has 1 amide bonds. The summed E-state index contributed by atoms with van der Waals surface area (Å²) in [4.78, 5) is 20.5. The number of primary amides is 1. The highest BCUT2D eigenvalue weighted by atomic mass is 32.1. The van der Waals surface area contributed by atoms with Crippen LogP contribution in [0.25, 0.3) is 22.3 Å². The van der Waals surface area contributed by atoms with Gasteiger partial charge < -0.3 is 11.1 Å². The molecule has 0 saturated carbocycles. The maximum Gasteiger partial charge on any atom is 0.248 e. The fourth-order valence-electron chi connectivity index (χ4n) is 2.55. The molecule has 0 spiro atoms. The monoisotopic (exact) mass is 346 g/mol. The van der Waals surface area contributed by atoms with E-state index in [1.165, 1.54) is 0 Å². The predicted molar refractivity (Wildman–Crippen MR) is 101 cm³/mol. The summed E-state index contributed by atoms with van der Waals surface area (Å²) in [7, 11) is 0. The number of benzene rings is 2. The van der Waals surface area contributed by atoms with Gasteiger partial charge in [0, 0.05) is 27.6 Å². The van der Waals surface area contributed by atoms with Gasteiger partial charge >= 0.3 is 0 Å². The van der Waals surface area contributed by atoms with Gasteiger partial charge in [-0.3, -0.25) is 4.79 Å². The molecule has 0 atom stereocenters. The number of nitrogens with one attached hydrogen (secondary N) is 1. The maximum absolute atomic E-state index is 11.2. The minimum absolute atomic E-state index is 0.446. The van der Waals surface area contributed by atoms with Crippen LogP contribution in [0.2, 0.25) is 0 Å². The molecule has 2 aromatic carbocycles. The molecule has 0 unspecified atom stereocenters. The van der Waals surface area contributed by atoms with Crippen LogP contribution in [0.1, 0.15) is 10.4 Å². The minimum Gasteiger partial charge on any atom is -0.366 e. The first-order chi connectivity index (χ1) is 12.2. The van der Waals surface area contributed by atoms with Crippen molar-refractivity contribution in [1.29, 1.82) is 0 Å². The average Bonchev–Trinajstić information content (AvgIpc) is 3.17. The molecule has 3 N–H and O–H groups in total. The van der Waals surface area contributed by atoms with Gasteiger partial charge in [-0.25, -0.2) is 9.97 Å². The van der Waals surface area contributed by atoms with E-state index in [0.717, 1.165) is 28.0 Å². The number of carbonyl (C=O) groups excluding carboxylic acids is 1. The number of nitrogens with two attached hydrogens (primary N) is 1. The lowest BCUT2D eigenvalue weighted by atomic mass is 10.2. The van der Waals surface area contributed by atoms with Crippen LogP contribution in [0, 0.1) is 0 Å². The molecule has 25 heavy (non-hydrogen) atoms. The van der Waals surface area contributed by atoms with Crippen molar-refractivity contribution < 1.29 is 4.79 Å². The fraction of sp³-hybridized carbons (Fsp3) is 0. The van der Waals surface area contributed by atoms with Crippen LogP contribution in [0.15, 0.2) is 65.4 Å². The third-order valence-electron chi connectivity index (χ3n) is 3.81. The third kappa shape index (κ3) is 3.07. The number of fused-ring (bicyclic) bond motifs is 1.